The van der Waals surface area contributed by atoms with Gasteiger partial charge in [-0.15, -0.1) is 0 Å². The quantitative estimate of drug-likeness (QED) is 0.315. The first-order chi connectivity index (χ1) is 14.0. The molecule has 142 valence electrons. The summed E-state index contributed by atoms with van der Waals surface area (Å²) in [5, 5.41) is 13.0. The van der Waals surface area contributed by atoms with Crippen molar-refractivity contribution < 1.29 is 0 Å². The van der Waals surface area contributed by atoms with Crippen molar-refractivity contribution in [1.29, 1.82) is 5.26 Å². The van der Waals surface area contributed by atoms with Gasteiger partial charge in [-0.05, 0) is 60.7 Å². The highest BCUT2D eigenvalue weighted by Gasteiger charge is 2.13. The highest BCUT2D eigenvalue weighted by Crippen LogP contribution is 2.31. The molecular weight excluding hydrogens is 399 g/mol. The molecule has 4 aromatic rings. The van der Waals surface area contributed by atoms with Gasteiger partial charge in [0.25, 0.3) is 0 Å². The molecule has 29 heavy (non-hydrogen) atoms. The van der Waals surface area contributed by atoms with Crippen molar-refractivity contribution in [3.05, 3.63) is 99.3 Å². The largest absolute Gasteiger partial charge is 0.317 e. The van der Waals surface area contributed by atoms with E-state index in [1.165, 1.54) is 10.8 Å². The topological polar surface area (TPSA) is 28.7 Å². The minimum absolute atomic E-state index is 0.437. The number of hydrogen-bond acceptors (Lipinski definition) is 1. The number of benzene rings is 3. The number of nitriles is 1. The second-order valence-corrected chi connectivity index (χ2v) is 7.77. The van der Waals surface area contributed by atoms with Crippen LogP contribution in [-0.2, 0) is 0 Å². The molecule has 0 aliphatic carbocycles. The van der Waals surface area contributed by atoms with Gasteiger partial charge in [-0.1, -0.05) is 65.7 Å². The maximum absolute atomic E-state index is 9.73. The second kappa shape index (κ2) is 7.79. The van der Waals surface area contributed by atoms with Crippen LogP contribution in [0.2, 0.25) is 10.0 Å². The Bertz CT molecular complexity index is 1300. The Morgan fingerprint density at radius 1 is 0.931 bits per heavy atom. The first-order valence-corrected chi connectivity index (χ1v) is 9.99. The van der Waals surface area contributed by atoms with Gasteiger partial charge in [0.1, 0.15) is 0 Å². The molecule has 0 unspecified atom stereocenters. The van der Waals surface area contributed by atoms with Gasteiger partial charge < -0.3 is 4.57 Å². The van der Waals surface area contributed by atoms with Crippen LogP contribution in [0.1, 0.15) is 22.5 Å². The molecule has 0 aliphatic rings. The van der Waals surface area contributed by atoms with Gasteiger partial charge in [0, 0.05) is 16.8 Å². The van der Waals surface area contributed by atoms with Gasteiger partial charge >= 0.3 is 0 Å². The molecule has 0 bridgehead atoms. The predicted octanol–water partition coefficient (Wildman–Crippen LogP) is 7.62. The smallest absolute Gasteiger partial charge is 0.0998 e. The average molecular weight is 417 g/mol. The maximum Gasteiger partial charge on any atom is 0.0998 e. The van der Waals surface area contributed by atoms with Crippen LogP contribution in [-0.4, -0.2) is 4.57 Å². The lowest BCUT2D eigenvalue weighted by atomic mass is 10.0. The van der Waals surface area contributed by atoms with Crippen LogP contribution in [0.3, 0.4) is 0 Å². The fraction of sp³-hybridized carbons (Fsp3) is 0.0800. The Balaban J connectivity index is 1.86. The maximum atomic E-state index is 9.73. The SMILES string of the molecule is Cc1cc(/C=C(/C#N)c2ccc(Cl)c(Cl)c2)c(C)n1-c1cccc2ccccc12. The van der Waals surface area contributed by atoms with E-state index >= 15 is 0 Å². The van der Waals surface area contributed by atoms with Crippen molar-refractivity contribution in [2.45, 2.75) is 13.8 Å². The molecule has 0 aliphatic heterocycles. The zero-order valence-electron chi connectivity index (χ0n) is 16.1. The summed E-state index contributed by atoms with van der Waals surface area (Å²) >= 11 is 12.2. The predicted molar refractivity (Wildman–Crippen MR) is 123 cm³/mol. The standard InChI is InChI=1S/C25H18Cl2N2/c1-16-12-20(13-21(15-28)19-10-11-23(26)24(27)14-19)17(2)29(16)25-9-5-7-18-6-3-4-8-22(18)25/h3-14H,1-2H3/b21-13-. The molecule has 0 spiro atoms. The Morgan fingerprint density at radius 3 is 2.45 bits per heavy atom. The van der Waals surface area contributed by atoms with E-state index in [1.807, 2.05) is 18.2 Å². The van der Waals surface area contributed by atoms with Gasteiger partial charge in [0.15, 0.2) is 0 Å². The molecule has 2 nitrogen and oxygen atoms in total. The van der Waals surface area contributed by atoms with Crippen LogP contribution in [0.5, 0.6) is 0 Å². The summed E-state index contributed by atoms with van der Waals surface area (Å²) in [6.45, 7) is 4.15. The molecule has 0 saturated carbocycles. The molecule has 0 radical (unpaired) electrons. The van der Waals surface area contributed by atoms with E-state index in [4.69, 9.17) is 23.2 Å². The second-order valence-electron chi connectivity index (χ2n) is 6.96. The lowest BCUT2D eigenvalue weighted by molar-refractivity contribution is 0.973. The van der Waals surface area contributed by atoms with Crippen molar-refractivity contribution in [2.75, 3.05) is 0 Å². The Kier molecular flexibility index (Phi) is 5.20. The summed E-state index contributed by atoms with van der Waals surface area (Å²) in [5.74, 6) is 0. The number of rotatable bonds is 3. The third kappa shape index (κ3) is 3.56. The molecule has 1 aromatic heterocycles. The third-order valence-electron chi connectivity index (χ3n) is 5.13. The fourth-order valence-corrected chi connectivity index (χ4v) is 4.01. The van der Waals surface area contributed by atoms with E-state index in [0.29, 0.717) is 15.6 Å². The van der Waals surface area contributed by atoms with E-state index in [2.05, 4.69) is 66.9 Å². The van der Waals surface area contributed by atoms with Crippen molar-refractivity contribution in [3.8, 4) is 11.8 Å². The highest BCUT2D eigenvalue weighted by atomic mass is 35.5. The van der Waals surface area contributed by atoms with Gasteiger partial charge in [0.05, 0.1) is 27.4 Å². The lowest BCUT2D eigenvalue weighted by Crippen LogP contribution is -2.00. The van der Waals surface area contributed by atoms with Crippen molar-refractivity contribution in [3.63, 3.8) is 0 Å². The molecule has 0 saturated heterocycles. The number of aryl methyl sites for hydroxylation is 1. The van der Waals surface area contributed by atoms with Crippen LogP contribution in [0, 0.1) is 25.2 Å². The summed E-state index contributed by atoms with van der Waals surface area (Å²) in [4.78, 5) is 0. The van der Waals surface area contributed by atoms with Crippen LogP contribution in [0.4, 0.5) is 0 Å². The van der Waals surface area contributed by atoms with E-state index in [9.17, 15) is 5.26 Å². The molecule has 0 atom stereocenters. The number of fused-ring (bicyclic) bond motifs is 1. The zero-order chi connectivity index (χ0) is 20.5. The van der Waals surface area contributed by atoms with E-state index < -0.39 is 0 Å². The van der Waals surface area contributed by atoms with Crippen LogP contribution in [0.25, 0.3) is 28.1 Å². The van der Waals surface area contributed by atoms with Gasteiger partial charge in [-0.3, -0.25) is 0 Å². The minimum atomic E-state index is 0.437. The number of nitrogens with zero attached hydrogens (tertiary/aromatic N) is 2. The Labute approximate surface area is 180 Å². The molecule has 3 aromatic carbocycles. The van der Waals surface area contributed by atoms with Crippen molar-refractivity contribution in [1.82, 2.24) is 4.57 Å². The molecule has 4 rings (SSSR count). The summed E-state index contributed by atoms with van der Waals surface area (Å²) in [5.41, 5.74) is 5.60. The first-order valence-electron chi connectivity index (χ1n) is 9.24. The van der Waals surface area contributed by atoms with Gasteiger partial charge in [-0.2, -0.15) is 5.26 Å². The van der Waals surface area contributed by atoms with Crippen LogP contribution >= 0.6 is 23.2 Å². The number of aromatic nitrogens is 1. The van der Waals surface area contributed by atoms with E-state index in [1.54, 1.807) is 12.1 Å². The van der Waals surface area contributed by atoms with Crippen molar-refractivity contribution in [2.24, 2.45) is 0 Å². The molecular formula is C25H18Cl2N2. The normalized spacial score (nSPS) is 11.6. The summed E-state index contributed by atoms with van der Waals surface area (Å²) < 4.78 is 2.23. The van der Waals surface area contributed by atoms with Crippen molar-refractivity contribution >= 4 is 45.6 Å². The molecule has 0 N–H and O–H groups in total. The Morgan fingerprint density at radius 2 is 1.69 bits per heavy atom. The molecule has 0 fully saturated rings. The zero-order valence-corrected chi connectivity index (χ0v) is 17.6. The van der Waals surface area contributed by atoms with E-state index in [-0.39, 0.29) is 0 Å². The number of halogens is 2. The minimum Gasteiger partial charge on any atom is -0.317 e. The average Bonchev–Trinajstić information content (AvgIpc) is 3.00. The highest BCUT2D eigenvalue weighted by molar-refractivity contribution is 6.42. The number of allylic oxidation sites excluding steroid dienone is 1. The fourth-order valence-electron chi connectivity index (χ4n) is 3.71. The lowest BCUT2D eigenvalue weighted by Gasteiger charge is -2.13. The van der Waals surface area contributed by atoms with Gasteiger partial charge in [-0.25, -0.2) is 0 Å². The molecule has 4 heteroatoms. The summed E-state index contributed by atoms with van der Waals surface area (Å²) in [6, 6.07) is 24.3. The first kappa shape index (κ1) is 19.3. The number of hydrogen-bond donors (Lipinski definition) is 0. The Hall–Kier alpha value is -2.99. The molecule has 1 heterocycles. The monoisotopic (exact) mass is 416 g/mol. The molecule has 0 amide bonds. The summed E-state index contributed by atoms with van der Waals surface area (Å²) in [7, 11) is 0. The summed E-state index contributed by atoms with van der Waals surface area (Å²) in [6.07, 6.45) is 1.91. The van der Waals surface area contributed by atoms with Crippen LogP contribution < -0.4 is 0 Å². The van der Waals surface area contributed by atoms with E-state index in [0.717, 1.165) is 28.2 Å². The van der Waals surface area contributed by atoms with Gasteiger partial charge in [0.2, 0.25) is 0 Å². The third-order valence-corrected chi connectivity index (χ3v) is 5.87. The van der Waals surface area contributed by atoms with Crippen LogP contribution in [0.15, 0.2) is 66.7 Å².